The Morgan fingerprint density at radius 2 is 2.03 bits per heavy atom. The van der Waals surface area contributed by atoms with Crippen LogP contribution in [0.1, 0.15) is 29.6 Å². The van der Waals surface area contributed by atoms with Crippen molar-refractivity contribution in [3.63, 3.8) is 0 Å². The maximum Gasteiger partial charge on any atom is 0.405 e. The van der Waals surface area contributed by atoms with Crippen molar-refractivity contribution in [1.82, 2.24) is 39.2 Å². The van der Waals surface area contributed by atoms with Crippen LogP contribution in [0.15, 0.2) is 30.9 Å². The number of aromatic nitrogens is 7. The number of anilines is 1. The second kappa shape index (κ2) is 9.50. The third-order valence-corrected chi connectivity index (χ3v) is 6.46. The molecule has 1 aliphatic rings. The number of nitrogens with one attached hydrogen (secondary N) is 2. The van der Waals surface area contributed by atoms with Gasteiger partial charge in [-0.25, -0.2) is 14.5 Å². The number of aliphatic hydroxyl groups is 1. The van der Waals surface area contributed by atoms with Crippen molar-refractivity contribution >= 4 is 17.2 Å². The Morgan fingerprint density at radius 1 is 1.22 bits per heavy atom. The number of hydrogen-bond donors (Lipinski definition) is 3. The van der Waals surface area contributed by atoms with E-state index in [0.29, 0.717) is 23.5 Å². The third kappa shape index (κ3) is 5.01. The molecule has 0 bridgehead atoms. The Labute approximate surface area is 209 Å². The van der Waals surface area contributed by atoms with E-state index in [-0.39, 0.29) is 41.3 Å². The van der Waals surface area contributed by atoms with E-state index < -0.39 is 18.6 Å². The minimum absolute atomic E-state index is 0.0199. The average Bonchev–Trinajstić information content (AvgIpc) is 3.63. The lowest BCUT2D eigenvalue weighted by molar-refractivity contribution is -0.123. The van der Waals surface area contributed by atoms with E-state index in [1.165, 1.54) is 9.20 Å². The molecular weight excluding hydrogens is 491 g/mol. The van der Waals surface area contributed by atoms with Crippen molar-refractivity contribution in [2.24, 2.45) is 20.0 Å². The number of imidazole rings is 1. The highest BCUT2D eigenvalue weighted by Crippen LogP contribution is 2.34. The van der Waals surface area contributed by atoms with Gasteiger partial charge in [-0.05, 0) is 31.2 Å². The first-order valence-corrected chi connectivity index (χ1v) is 11.8. The van der Waals surface area contributed by atoms with Gasteiger partial charge in [0.2, 0.25) is 5.82 Å². The lowest BCUT2D eigenvalue weighted by Crippen LogP contribution is -2.34. The Hall–Kier alpha value is -3.94. The Bertz CT molecular complexity index is 1440. The monoisotopic (exact) mass is 517 g/mol. The molecule has 1 amide bonds. The minimum Gasteiger partial charge on any atom is -0.396 e. The molecule has 0 aromatic carbocycles. The lowest BCUT2D eigenvalue weighted by Gasteiger charge is -2.16. The number of nitrogens with zero attached hydrogens (tertiary/aromatic N) is 7. The van der Waals surface area contributed by atoms with Gasteiger partial charge in [-0.2, -0.15) is 18.3 Å². The van der Waals surface area contributed by atoms with Crippen LogP contribution in [0, 0.1) is 5.92 Å². The second-order valence-electron chi connectivity index (χ2n) is 9.23. The van der Waals surface area contributed by atoms with Gasteiger partial charge in [0, 0.05) is 57.1 Å². The van der Waals surface area contributed by atoms with Gasteiger partial charge in [-0.3, -0.25) is 9.48 Å². The molecule has 0 radical (unpaired) electrons. The van der Waals surface area contributed by atoms with Gasteiger partial charge in [0.15, 0.2) is 11.6 Å². The molecular formula is C23H26F3N9O2. The standard InChI is InChI=1S/C23H26F3N9O2/c1-33-8-6-27-21(33)20-30-19(29-14-4-3-13(9-14)11-36)18-17(22(37)28-12-23(24,25)26)15(10-35(18)32-20)16-5-7-34(2)31-16/h5-8,10,13-14,36H,3-4,9,11-12H2,1-2H3,(H,28,37)(H,29,30,32)/t13-,14-/m0/s1. The fourth-order valence-electron chi connectivity index (χ4n) is 4.68. The molecule has 37 heavy (non-hydrogen) atoms. The number of halogens is 3. The van der Waals surface area contributed by atoms with Gasteiger partial charge < -0.3 is 20.3 Å². The van der Waals surface area contributed by atoms with Crippen LogP contribution in [0.4, 0.5) is 19.0 Å². The third-order valence-electron chi connectivity index (χ3n) is 6.46. The number of fused-ring (bicyclic) bond motifs is 1. The molecule has 0 spiro atoms. The molecule has 2 atom stereocenters. The molecule has 11 nitrogen and oxygen atoms in total. The Balaban J connectivity index is 1.69. The molecule has 4 aromatic heterocycles. The first-order chi connectivity index (χ1) is 17.6. The van der Waals surface area contributed by atoms with Crippen LogP contribution in [0.3, 0.4) is 0 Å². The molecule has 0 unspecified atom stereocenters. The zero-order valence-corrected chi connectivity index (χ0v) is 20.2. The average molecular weight is 518 g/mol. The van der Waals surface area contributed by atoms with Crippen molar-refractivity contribution in [2.75, 3.05) is 18.5 Å². The van der Waals surface area contributed by atoms with Gasteiger partial charge in [0.1, 0.15) is 12.1 Å². The van der Waals surface area contributed by atoms with Gasteiger partial charge in [-0.1, -0.05) is 0 Å². The summed E-state index contributed by atoms with van der Waals surface area (Å²) in [4.78, 5) is 22.2. The Morgan fingerprint density at radius 3 is 2.65 bits per heavy atom. The summed E-state index contributed by atoms with van der Waals surface area (Å²) < 4.78 is 43.6. The van der Waals surface area contributed by atoms with E-state index in [0.717, 1.165) is 12.8 Å². The highest BCUT2D eigenvalue weighted by molar-refractivity contribution is 6.09. The number of rotatable bonds is 7. The van der Waals surface area contributed by atoms with E-state index >= 15 is 0 Å². The quantitative estimate of drug-likeness (QED) is 0.344. The molecule has 0 aliphatic heterocycles. The molecule has 196 valence electrons. The van der Waals surface area contributed by atoms with Crippen LogP contribution in [0.2, 0.25) is 0 Å². The summed E-state index contributed by atoms with van der Waals surface area (Å²) in [6, 6.07) is 1.61. The molecule has 4 aromatic rings. The zero-order valence-electron chi connectivity index (χ0n) is 20.2. The predicted molar refractivity (Wildman–Crippen MR) is 128 cm³/mol. The first kappa shape index (κ1) is 24.7. The summed E-state index contributed by atoms with van der Waals surface area (Å²) in [6.45, 7) is -1.42. The van der Waals surface area contributed by atoms with Crippen molar-refractivity contribution in [2.45, 2.75) is 31.5 Å². The minimum atomic E-state index is -4.58. The summed E-state index contributed by atoms with van der Waals surface area (Å²) in [5, 5.41) is 23.8. The highest BCUT2D eigenvalue weighted by Gasteiger charge is 2.32. The number of hydrogen-bond acceptors (Lipinski definition) is 7. The van der Waals surface area contributed by atoms with Crippen molar-refractivity contribution in [3.8, 4) is 22.9 Å². The van der Waals surface area contributed by atoms with Crippen LogP contribution in [-0.4, -0.2) is 70.3 Å². The molecule has 3 N–H and O–H groups in total. The molecule has 5 rings (SSSR count). The summed E-state index contributed by atoms with van der Waals surface area (Å²) in [5.41, 5.74) is 0.921. The van der Waals surface area contributed by atoms with Gasteiger partial charge >= 0.3 is 6.18 Å². The molecule has 14 heteroatoms. The Kier molecular flexibility index (Phi) is 6.35. The summed E-state index contributed by atoms with van der Waals surface area (Å²) in [7, 11) is 3.49. The molecule has 1 saturated carbocycles. The summed E-state index contributed by atoms with van der Waals surface area (Å²) >= 11 is 0. The van der Waals surface area contributed by atoms with E-state index in [1.54, 1.807) is 49.5 Å². The maximum absolute atomic E-state index is 13.2. The van der Waals surface area contributed by atoms with Crippen LogP contribution in [0.25, 0.3) is 28.4 Å². The molecule has 1 aliphatic carbocycles. The van der Waals surface area contributed by atoms with Crippen LogP contribution in [0.5, 0.6) is 0 Å². The van der Waals surface area contributed by atoms with Gasteiger partial charge in [-0.15, -0.1) is 5.10 Å². The maximum atomic E-state index is 13.2. The molecule has 0 saturated heterocycles. The lowest BCUT2D eigenvalue weighted by atomic mass is 10.1. The van der Waals surface area contributed by atoms with Crippen molar-refractivity contribution < 1.29 is 23.1 Å². The fraction of sp³-hybridized carbons (Fsp3) is 0.435. The summed E-state index contributed by atoms with van der Waals surface area (Å²) in [6.07, 6.45) is 4.27. The van der Waals surface area contributed by atoms with Gasteiger partial charge in [0.25, 0.3) is 5.91 Å². The van der Waals surface area contributed by atoms with Crippen LogP contribution >= 0.6 is 0 Å². The predicted octanol–water partition coefficient (Wildman–Crippen LogP) is 2.40. The van der Waals surface area contributed by atoms with E-state index in [2.05, 4.69) is 25.5 Å². The fourth-order valence-corrected chi connectivity index (χ4v) is 4.68. The topological polar surface area (TPSA) is 127 Å². The SMILES string of the molecule is Cn1ccc(-c2cn3nc(-c4nccn4C)nc(N[C@H]4CC[C@H](CO)C4)c3c2C(=O)NCC(F)(F)F)n1. The first-order valence-electron chi connectivity index (χ1n) is 11.8. The largest absolute Gasteiger partial charge is 0.405 e. The number of aliphatic hydroxyl groups excluding tert-OH is 1. The van der Waals surface area contributed by atoms with Crippen molar-refractivity contribution in [1.29, 1.82) is 0 Å². The van der Waals surface area contributed by atoms with E-state index in [4.69, 9.17) is 0 Å². The van der Waals surface area contributed by atoms with E-state index in [1.807, 2.05) is 5.32 Å². The number of carbonyl (C=O) groups excluding carboxylic acids is 1. The molecule has 1 fully saturated rings. The zero-order chi connectivity index (χ0) is 26.3. The van der Waals surface area contributed by atoms with E-state index in [9.17, 15) is 23.1 Å². The normalized spacial score (nSPS) is 18.0. The summed E-state index contributed by atoms with van der Waals surface area (Å²) in [5.74, 6) is 0.243. The smallest absolute Gasteiger partial charge is 0.396 e. The number of alkyl halides is 3. The van der Waals surface area contributed by atoms with Gasteiger partial charge in [0.05, 0.1) is 11.3 Å². The number of carbonyl (C=O) groups is 1. The second-order valence-corrected chi connectivity index (χ2v) is 9.23. The number of aryl methyl sites for hydroxylation is 2. The van der Waals surface area contributed by atoms with Crippen LogP contribution in [-0.2, 0) is 14.1 Å². The molecule has 4 heterocycles. The van der Waals surface area contributed by atoms with Crippen LogP contribution < -0.4 is 10.6 Å². The highest BCUT2D eigenvalue weighted by atomic mass is 19.4. The van der Waals surface area contributed by atoms with Crippen molar-refractivity contribution in [3.05, 3.63) is 36.4 Å². The number of amides is 1.